The normalized spacial score (nSPS) is 18.0. The number of aryl methyl sites for hydroxylation is 1. The number of ketones is 1. The third kappa shape index (κ3) is 4.36. The van der Waals surface area contributed by atoms with Gasteiger partial charge in [0.15, 0.2) is 17.2 Å². The van der Waals surface area contributed by atoms with E-state index in [1.165, 1.54) is 11.1 Å². The molecule has 1 aromatic heterocycles. The van der Waals surface area contributed by atoms with Gasteiger partial charge in [-0.1, -0.05) is 6.07 Å². The van der Waals surface area contributed by atoms with Crippen molar-refractivity contribution in [2.45, 2.75) is 44.4 Å². The van der Waals surface area contributed by atoms with Gasteiger partial charge in [-0.15, -0.1) is 0 Å². The Morgan fingerprint density at radius 3 is 2.56 bits per heavy atom. The summed E-state index contributed by atoms with van der Waals surface area (Å²) >= 11 is 0. The van der Waals surface area contributed by atoms with Crippen molar-refractivity contribution in [2.24, 2.45) is 0 Å². The summed E-state index contributed by atoms with van der Waals surface area (Å²) in [5.41, 5.74) is -2.28. The summed E-state index contributed by atoms with van der Waals surface area (Å²) in [7, 11) is 0. The number of Topliss-reactive ketones (excluding diaryl/α,β-unsaturated/α-hetero) is 1. The van der Waals surface area contributed by atoms with Crippen molar-refractivity contribution in [3.63, 3.8) is 0 Å². The number of aromatic nitrogens is 1. The number of hydrogen-bond acceptors (Lipinski definition) is 5. The number of alkyl halides is 3. The number of aromatic hydroxyl groups is 1. The molecular formula is C22H20F5N3O4. The van der Waals surface area contributed by atoms with Gasteiger partial charge >= 0.3 is 6.18 Å². The van der Waals surface area contributed by atoms with Crippen molar-refractivity contribution >= 4 is 11.7 Å². The van der Waals surface area contributed by atoms with Crippen LogP contribution in [-0.4, -0.2) is 51.8 Å². The van der Waals surface area contributed by atoms with E-state index in [1.54, 1.807) is 0 Å². The van der Waals surface area contributed by atoms with Crippen LogP contribution in [0.25, 0.3) is 0 Å². The summed E-state index contributed by atoms with van der Waals surface area (Å²) in [6.07, 6.45) is -3.73. The number of benzene rings is 1. The molecule has 0 aliphatic carbocycles. The van der Waals surface area contributed by atoms with Gasteiger partial charge in [0.05, 0.1) is 5.56 Å². The molecule has 0 unspecified atom stereocenters. The van der Waals surface area contributed by atoms with Crippen LogP contribution in [0.2, 0.25) is 0 Å². The topological polar surface area (TPSA) is 82.8 Å². The monoisotopic (exact) mass is 485 g/mol. The van der Waals surface area contributed by atoms with Crippen LogP contribution in [-0.2, 0) is 6.42 Å². The molecule has 0 spiro atoms. The minimum atomic E-state index is -4.69. The molecule has 182 valence electrons. The number of fused-ring (bicyclic) bond motifs is 3. The molecule has 34 heavy (non-hydrogen) atoms. The lowest BCUT2D eigenvalue weighted by atomic mass is 10.0. The van der Waals surface area contributed by atoms with E-state index in [0.29, 0.717) is 23.8 Å². The number of rotatable bonds is 5. The smallest absolute Gasteiger partial charge is 0.406 e. The molecule has 1 aromatic carbocycles. The third-order valence-electron chi connectivity index (χ3n) is 5.99. The summed E-state index contributed by atoms with van der Waals surface area (Å²) in [6, 6.07) is 2.85. The quantitative estimate of drug-likeness (QED) is 0.520. The number of carbonyl (C=O) groups is 2. The van der Waals surface area contributed by atoms with Gasteiger partial charge in [-0.3, -0.25) is 24.1 Å². The SMILES string of the molecule is O=C(CCc1ccc(F)cc1F)c1cn2c(c(O)c1=O)C(=O)N(CC(F)(F)F)[C@@H]1CCCCN12. The van der Waals surface area contributed by atoms with Gasteiger partial charge in [-0.25, -0.2) is 8.78 Å². The highest BCUT2D eigenvalue weighted by molar-refractivity contribution is 6.00. The van der Waals surface area contributed by atoms with Crippen molar-refractivity contribution in [1.29, 1.82) is 0 Å². The van der Waals surface area contributed by atoms with Crippen molar-refractivity contribution in [2.75, 3.05) is 18.1 Å². The molecule has 1 amide bonds. The first kappa shape index (κ1) is 23.7. The molecule has 2 aromatic rings. The molecular weight excluding hydrogens is 465 g/mol. The zero-order chi connectivity index (χ0) is 24.8. The fraction of sp³-hybridized carbons (Fsp3) is 0.409. The van der Waals surface area contributed by atoms with Crippen LogP contribution in [0.15, 0.2) is 29.2 Å². The van der Waals surface area contributed by atoms with E-state index in [-0.39, 0.29) is 31.4 Å². The van der Waals surface area contributed by atoms with E-state index in [1.807, 2.05) is 0 Å². The Hall–Kier alpha value is -3.44. The summed E-state index contributed by atoms with van der Waals surface area (Å²) in [5, 5.41) is 11.9. The maximum absolute atomic E-state index is 13.9. The zero-order valence-electron chi connectivity index (χ0n) is 17.7. The molecule has 12 heteroatoms. The second-order valence-electron chi connectivity index (χ2n) is 8.26. The fourth-order valence-corrected chi connectivity index (χ4v) is 4.41. The van der Waals surface area contributed by atoms with E-state index in [4.69, 9.17) is 0 Å². The molecule has 2 aliphatic rings. The Morgan fingerprint density at radius 2 is 1.88 bits per heavy atom. The Bertz CT molecular complexity index is 1210. The van der Waals surface area contributed by atoms with Gasteiger partial charge in [0.25, 0.3) is 5.91 Å². The molecule has 3 heterocycles. The van der Waals surface area contributed by atoms with Crippen LogP contribution in [0.4, 0.5) is 22.0 Å². The van der Waals surface area contributed by atoms with Gasteiger partial charge in [0.2, 0.25) is 5.43 Å². The molecule has 0 saturated carbocycles. The first-order valence-electron chi connectivity index (χ1n) is 10.6. The van der Waals surface area contributed by atoms with Crippen molar-refractivity contribution in [1.82, 2.24) is 9.58 Å². The van der Waals surface area contributed by atoms with E-state index < -0.39 is 64.6 Å². The Morgan fingerprint density at radius 1 is 1.15 bits per heavy atom. The molecule has 1 atom stereocenters. The van der Waals surface area contributed by atoms with Gasteiger partial charge in [0, 0.05) is 25.2 Å². The predicted molar refractivity (Wildman–Crippen MR) is 109 cm³/mol. The van der Waals surface area contributed by atoms with Crippen LogP contribution in [0.5, 0.6) is 5.75 Å². The summed E-state index contributed by atoms with van der Waals surface area (Å²) < 4.78 is 67.4. The molecule has 1 saturated heterocycles. The van der Waals surface area contributed by atoms with Crippen LogP contribution in [0.3, 0.4) is 0 Å². The van der Waals surface area contributed by atoms with E-state index in [2.05, 4.69) is 0 Å². The van der Waals surface area contributed by atoms with E-state index >= 15 is 0 Å². The van der Waals surface area contributed by atoms with Crippen LogP contribution >= 0.6 is 0 Å². The third-order valence-corrected chi connectivity index (χ3v) is 5.99. The Balaban J connectivity index is 1.69. The lowest BCUT2D eigenvalue weighted by Crippen LogP contribution is -2.64. The summed E-state index contributed by atoms with van der Waals surface area (Å²) in [6.45, 7) is -1.32. The van der Waals surface area contributed by atoms with Crippen LogP contribution < -0.4 is 10.4 Å². The average molecular weight is 485 g/mol. The van der Waals surface area contributed by atoms with Crippen molar-refractivity contribution in [3.8, 4) is 5.75 Å². The maximum Gasteiger partial charge on any atom is 0.406 e. The van der Waals surface area contributed by atoms with Crippen LogP contribution in [0.1, 0.15) is 52.1 Å². The fourth-order valence-electron chi connectivity index (χ4n) is 4.41. The molecule has 0 bridgehead atoms. The predicted octanol–water partition coefficient (Wildman–Crippen LogP) is 3.11. The number of pyridine rings is 1. The Labute approximate surface area is 190 Å². The maximum atomic E-state index is 13.9. The first-order valence-corrected chi connectivity index (χ1v) is 10.6. The molecule has 7 nitrogen and oxygen atoms in total. The minimum absolute atomic E-state index is 0.0473. The standard InChI is InChI=1S/C22H20F5N3O4/c23-13-6-4-12(15(24)9-13)5-7-16(31)14-10-30-18(20(33)19(14)32)21(34)28(11-22(25,26)27)17-3-1-2-8-29(17)30/h4,6,9-10,17,33H,1-3,5,7-8,11H2/t17-/m0/s1. The highest BCUT2D eigenvalue weighted by Gasteiger charge is 2.45. The lowest BCUT2D eigenvalue weighted by molar-refractivity contribution is -0.147. The molecule has 0 radical (unpaired) electrons. The number of amides is 1. The molecule has 1 fully saturated rings. The van der Waals surface area contributed by atoms with E-state index in [9.17, 15) is 41.4 Å². The number of hydrogen-bond donors (Lipinski definition) is 1. The first-order chi connectivity index (χ1) is 16.0. The highest BCUT2D eigenvalue weighted by atomic mass is 19.4. The summed E-state index contributed by atoms with van der Waals surface area (Å²) in [4.78, 5) is 38.9. The zero-order valence-corrected chi connectivity index (χ0v) is 17.7. The Kier molecular flexibility index (Phi) is 6.09. The number of nitrogens with zero attached hydrogens (tertiary/aromatic N) is 3. The lowest BCUT2D eigenvalue weighted by Gasteiger charge is -2.49. The van der Waals surface area contributed by atoms with E-state index in [0.717, 1.165) is 16.9 Å². The van der Waals surface area contributed by atoms with Gasteiger partial charge in [-0.05, 0) is 37.3 Å². The number of halogens is 5. The van der Waals surface area contributed by atoms with Crippen LogP contribution in [0, 0.1) is 11.6 Å². The second-order valence-corrected chi connectivity index (χ2v) is 8.26. The average Bonchev–Trinajstić information content (AvgIpc) is 2.77. The largest absolute Gasteiger partial charge is 0.502 e. The minimum Gasteiger partial charge on any atom is -0.502 e. The second kappa shape index (κ2) is 8.73. The number of carbonyl (C=O) groups excluding carboxylic acids is 2. The molecule has 1 N–H and O–H groups in total. The molecule has 4 rings (SSSR count). The summed E-state index contributed by atoms with van der Waals surface area (Å²) in [5.74, 6) is -4.70. The van der Waals surface area contributed by atoms with Gasteiger partial charge < -0.3 is 10.0 Å². The van der Waals surface area contributed by atoms with Gasteiger partial charge in [0.1, 0.15) is 24.3 Å². The molecule has 2 aliphatic heterocycles. The number of piperidine rings is 1. The van der Waals surface area contributed by atoms with Crippen molar-refractivity contribution in [3.05, 3.63) is 63.1 Å². The van der Waals surface area contributed by atoms with Gasteiger partial charge in [-0.2, -0.15) is 13.2 Å². The van der Waals surface area contributed by atoms with Crippen molar-refractivity contribution < 1.29 is 36.6 Å². The highest BCUT2D eigenvalue weighted by Crippen LogP contribution is 2.32.